The average Bonchev–Trinajstić information content (AvgIpc) is 2.95. The highest BCUT2D eigenvalue weighted by atomic mass is 32.2. The average molecular weight is 605 g/mol. The second-order valence-electron chi connectivity index (χ2n) is 11.7. The number of aromatic nitrogens is 2. The quantitative estimate of drug-likeness (QED) is 0.335. The molecule has 1 aromatic carbocycles. The van der Waals surface area contributed by atoms with E-state index in [-0.39, 0.29) is 28.9 Å². The summed E-state index contributed by atoms with van der Waals surface area (Å²) in [6.07, 6.45) is 7.97. The molecular formula is C28H37FN6O6S. The van der Waals surface area contributed by atoms with E-state index in [2.05, 4.69) is 19.8 Å². The monoisotopic (exact) mass is 604 g/mol. The van der Waals surface area contributed by atoms with Crippen molar-refractivity contribution < 1.29 is 31.8 Å². The standard InChI is InChI=1S/C28H37FN6O6S/c1-39-27(36)23-13-20(29)3-6-24(23)41-25-14-30-19-31-26(25)33-17-28(18-33)7-11-32(12-8-28)15-22-5-4-21(16-40-22)35(42(37)38)34-9-2-10-34/h3,6,13-14,19,21-22,42H,2,4-5,7-12,15-18H2,1H3/t21-,22+/m1/s1. The summed E-state index contributed by atoms with van der Waals surface area (Å²) in [5, 5.41) is 1.91. The molecule has 4 fully saturated rings. The van der Waals surface area contributed by atoms with E-state index in [0.29, 0.717) is 18.2 Å². The normalized spacial score (nSPS) is 24.4. The predicted molar refractivity (Wildman–Crippen MR) is 151 cm³/mol. The third-order valence-corrected chi connectivity index (χ3v) is 9.83. The number of carbonyl (C=O) groups is 1. The summed E-state index contributed by atoms with van der Waals surface area (Å²) in [6.45, 7) is 6.54. The van der Waals surface area contributed by atoms with Gasteiger partial charge in [-0.15, -0.1) is 4.41 Å². The van der Waals surface area contributed by atoms with Gasteiger partial charge in [-0.3, -0.25) is 0 Å². The van der Waals surface area contributed by atoms with Crippen LogP contribution in [0.15, 0.2) is 30.7 Å². The number of benzene rings is 1. The van der Waals surface area contributed by atoms with Crippen LogP contribution in [0.3, 0.4) is 0 Å². The molecule has 0 N–H and O–H groups in total. The molecule has 4 saturated heterocycles. The minimum Gasteiger partial charge on any atom is -0.465 e. The largest absolute Gasteiger partial charge is 0.465 e. The molecule has 0 radical (unpaired) electrons. The molecule has 1 aromatic heterocycles. The summed E-state index contributed by atoms with van der Waals surface area (Å²) >= 11 is 0. The smallest absolute Gasteiger partial charge is 0.341 e. The van der Waals surface area contributed by atoms with Crippen molar-refractivity contribution in [3.63, 3.8) is 0 Å². The number of likely N-dealkylation sites (tertiary alicyclic amines) is 1. The number of carbonyl (C=O) groups excluding carboxylic acids is 1. The van der Waals surface area contributed by atoms with Gasteiger partial charge in [-0.2, -0.15) is 0 Å². The lowest BCUT2D eigenvalue weighted by molar-refractivity contribution is -0.0974. The summed E-state index contributed by atoms with van der Waals surface area (Å²) in [5.41, 5.74) is 0.188. The minimum atomic E-state index is -2.64. The van der Waals surface area contributed by atoms with E-state index in [9.17, 15) is 17.6 Å². The molecule has 0 unspecified atom stereocenters. The Kier molecular flexibility index (Phi) is 8.59. The van der Waals surface area contributed by atoms with E-state index in [4.69, 9.17) is 14.2 Å². The lowest BCUT2D eigenvalue weighted by Gasteiger charge is -2.54. The minimum absolute atomic E-state index is 0.00782. The van der Waals surface area contributed by atoms with Gasteiger partial charge >= 0.3 is 5.97 Å². The first-order chi connectivity index (χ1) is 20.3. The fourth-order valence-corrected chi connectivity index (χ4v) is 7.25. The number of hydrogen-bond acceptors (Lipinski definition) is 11. The van der Waals surface area contributed by atoms with Crippen LogP contribution in [0.2, 0.25) is 0 Å². The van der Waals surface area contributed by atoms with Gasteiger partial charge in [0.15, 0.2) is 11.6 Å². The maximum absolute atomic E-state index is 13.8. The molecule has 5 heterocycles. The summed E-state index contributed by atoms with van der Waals surface area (Å²) in [7, 11) is -1.41. The molecule has 0 aliphatic carbocycles. The van der Waals surface area contributed by atoms with Crippen LogP contribution < -0.4 is 9.64 Å². The third-order valence-electron chi connectivity index (χ3n) is 8.92. The molecule has 1 spiro atoms. The highest BCUT2D eigenvalue weighted by Gasteiger charge is 2.46. The second-order valence-corrected chi connectivity index (χ2v) is 12.5. The number of methoxy groups -OCH3 is 1. The highest BCUT2D eigenvalue weighted by Crippen LogP contribution is 2.45. The van der Waals surface area contributed by atoms with Crippen LogP contribution in [-0.2, 0) is 20.4 Å². The van der Waals surface area contributed by atoms with Crippen LogP contribution in [-0.4, -0.2) is 110 Å². The number of hydrogen-bond donors (Lipinski definition) is 1. The van der Waals surface area contributed by atoms with Gasteiger partial charge in [-0.25, -0.2) is 32.6 Å². The van der Waals surface area contributed by atoms with E-state index in [0.717, 1.165) is 84.0 Å². The van der Waals surface area contributed by atoms with Gasteiger partial charge in [0.2, 0.25) is 10.9 Å². The van der Waals surface area contributed by atoms with Crippen molar-refractivity contribution in [3.8, 4) is 11.5 Å². The Balaban J connectivity index is 1.00. The molecule has 12 nitrogen and oxygen atoms in total. The zero-order chi connectivity index (χ0) is 29.3. The lowest BCUT2D eigenvalue weighted by Crippen LogP contribution is -2.61. The fourth-order valence-electron chi connectivity index (χ4n) is 6.42. The maximum Gasteiger partial charge on any atom is 0.341 e. The molecule has 0 saturated carbocycles. The van der Waals surface area contributed by atoms with Crippen LogP contribution >= 0.6 is 0 Å². The molecule has 42 heavy (non-hydrogen) atoms. The zero-order valence-corrected chi connectivity index (χ0v) is 24.6. The highest BCUT2D eigenvalue weighted by molar-refractivity contribution is 7.69. The Bertz CT molecular complexity index is 1340. The summed E-state index contributed by atoms with van der Waals surface area (Å²) < 4.78 is 55.9. The number of hydrazine groups is 1. The first-order valence-corrected chi connectivity index (χ1v) is 15.6. The Hall–Kier alpha value is -2.91. The van der Waals surface area contributed by atoms with Crippen LogP contribution in [0.4, 0.5) is 10.2 Å². The van der Waals surface area contributed by atoms with Crippen LogP contribution in [0.25, 0.3) is 0 Å². The number of nitrogens with zero attached hydrogens (tertiary/aromatic N) is 6. The number of halogens is 1. The van der Waals surface area contributed by atoms with Crippen LogP contribution in [0.5, 0.6) is 11.5 Å². The van der Waals surface area contributed by atoms with Crippen molar-refractivity contribution in [1.82, 2.24) is 24.3 Å². The topological polar surface area (TPSA) is 118 Å². The molecule has 228 valence electrons. The van der Waals surface area contributed by atoms with Gasteiger partial charge in [0, 0.05) is 38.1 Å². The number of esters is 1. The molecular weight excluding hydrogens is 567 g/mol. The number of ether oxygens (including phenoxy) is 3. The molecule has 14 heteroatoms. The van der Waals surface area contributed by atoms with Gasteiger partial charge < -0.3 is 24.0 Å². The Morgan fingerprint density at radius 3 is 2.60 bits per heavy atom. The second kappa shape index (κ2) is 12.4. The Morgan fingerprint density at radius 2 is 1.95 bits per heavy atom. The van der Waals surface area contributed by atoms with E-state index in [1.807, 2.05) is 5.01 Å². The Labute approximate surface area is 246 Å². The Morgan fingerprint density at radius 1 is 1.17 bits per heavy atom. The summed E-state index contributed by atoms with van der Waals surface area (Å²) in [6, 6.07) is 3.62. The van der Waals surface area contributed by atoms with E-state index < -0.39 is 22.7 Å². The third kappa shape index (κ3) is 6.09. The number of thiol groups is 1. The molecule has 2 aromatic rings. The van der Waals surface area contributed by atoms with Crippen molar-refractivity contribution >= 4 is 22.7 Å². The van der Waals surface area contributed by atoms with Crippen molar-refractivity contribution in [1.29, 1.82) is 0 Å². The van der Waals surface area contributed by atoms with Gasteiger partial charge in [0.1, 0.15) is 23.5 Å². The van der Waals surface area contributed by atoms with E-state index in [1.54, 1.807) is 6.20 Å². The summed E-state index contributed by atoms with van der Waals surface area (Å²) in [4.78, 5) is 25.3. The van der Waals surface area contributed by atoms with E-state index in [1.165, 1.54) is 30.0 Å². The van der Waals surface area contributed by atoms with Crippen LogP contribution in [0, 0.1) is 11.2 Å². The summed E-state index contributed by atoms with van der Waals surface area (Å²) in [5.74, 6) is -0.0502. The van der Waals surface area contributed by atoms with Crippen molar-refractivity contribution in [2.45, 2.75) is 44.2 Å². The SMILES string of the molecule is COC(=O)c1cc(F)ccc1Oc1cncnc1N1CC2(CCN(C[C@@H]3CC[C@@H](N(N4CCC4)[SH](=O)=O)CO3)CC2)C1. The number of piperidine rings is 1. The fraction of sp³-hybridized carbons (Fsp3) is 0.607. The first-order valence-electron chi connectivity index (χ1n) is 14.5. The number of anilines is 1. The van der Waals surface area contributed by atoms with Crippen molar-refractivity contribution in [2.75, 3.05) is 64.4 Å². The van der Waals surface area contributed by atoms with Crippen molar-refractivity contribution in [3.05, 3.63) is 42.1 Å². The number of rotatable bonds is 9. The molecule has 0 amide bonds. The molecule has 2 atom stereocenters. The maximum atomic E-state index is 13.8. The van der Waals surface area contributed by atoms with Gasteiger partial charge in [0.25, 0.3) is 0 Å². The predicted octanol–water partition coefficient (Wildman–Crippen LogP) is 2.09. The molecule has 0 bridgehead atoms. The van der Waals surface area contributed by atoms with Gasteiger partial charge in [-0.1, -0.05) is 0 Å². The van der Waals surface area contributed by atoms with Gasteiger partial charge in [-0.05, 0) is 63.4 Å². The zero-order valence-electron chi connectivity index (χ0n) is 23.7. The van der Waals surface area contributed by atoms with Gasteiger partial charge in [0.05, 0.1) is 32.1 Å². The molecule has 4 aliphatic heterocycles. The van der Waals surface area contributed by atoms with E-state index >= 15 is 0 Å². The van der Waals surface area contributed by atoms with Crippen molar-refractivity contribution in [2.24, 2.45) is 5.41 Å². The molecule has 6 rings (SSSR count). The lowest BCUT2D eigenvalue weighted by atomic mass is 9.72. The molecule has 4 aliphatic rings. The van der Waals surface area contributed by atoms with Crippen LogP contribution in [0.1, 0.15) is 42.5 Å². The first kappa shape index (κ1) is 29.2.